The number of hydrazine groups is 3. The highest BCUT2D eigenvalue weighted by Crippen LogP contribution is 2.16. The first-order valence-electron chi connectivity index (χ1n) is 15.9. The van der Waals surface area contributed by atoms with Crippen LogP contribution >= 0.6 is 0 Å². The molecule has 0 aliphatic rings. The molecule has 2 atom stereocenters. The molecule has 0 saturated heterocycles. The highest BCUT2D eigenvalue weighted by atomic mass is 16.6. The first-order chi connectivity index (χ1) is 22.3. The van der Waals surface area contributed by atoms with Crippen LogP contribution < -0.4 is 38.9 Å². The largest absolute Gasteiger partial charge is 0.463 e. The van der Waals surface area contributed by atoms with E-state index in [4.69, 9.17) is 36.5 Å². The molecule has 0 aromatic rings. The number of aliphatic hydroxyl groups is 2. The number of carbonyl (C=O) groups excluding carboxylic acids is 4. The summed E-state index contributed by atoms with van der Waals surface area (Å²) in [4.78, 5) is 47.7. The highest BCUT2D eigenvalue weighted by molar-refractivity contribution is 5.75. The molecule has 0 aliphatic carbocycles. The van der Waals surface area contributed by atoms with Gasteiger partial charge in [-0.2, -0.15) is 0 Å². The van der Waals surface area contributed by atoms with E-state index in [9.17, 15) is 29.4 Å². The topological polar surface area (TPSA) is 278 Å². The summed E-state index contributed by atoms with van der Waals surface area (Å²) < 4.78 is 20.1. The van der Waals surface area contributed by atoms with Crippen molar-refractivity contribution in [2.75, 3.05) is 91.9 Å². The van der Waals surface area contributed by atoms with Crippen LogP contribution in [0.15, 0.2) is 0 Å². The van der Waals surface area contributed by atoms with Crippen LogP contribution in [0.1, 0.15) is 46.5 Å². The standard InChI is InChI=1S/C28H59N9O10/c1-28(2,3)26(42)47-23(18-38)21-45-25(41)7-5-4-6-24(40)44-19-22(39)20-46-27(43)37(31)17-13-34-11-9-32-8-10-33-12-15-36(30)16-14-35-29/h22-23,32-35,38-39H,4-21,29-31H2,1-3H3. The number of hydrogen-bond donors (Lipinski definition) is 9. The van der Waals surface area contributed by atoms with Gasteiger partial charge in [0.2, 0.25) is 0 Å². The van der Waals surface area contributed by atoms with Gasteiger partial charge in [0.15, 0.2) is 6.10 Å². The van der Waals surface area contributed by atoms with Crippen LogP contribution in [0.5, 0.6) is 0 Å². The number of amides is 1. The van der Waals surface area contributed by atoms with Gasteiger partial charge in [0, 0.05) is 71.7 Å². The van der Waals surface area contributed by atoms with Crippen molar-refractivity contribution in [1.82, 2.24) is 31.4 Å². The number of rotatable bonds is 28. The first kappa shape index (κ1) is 44.3. The van der Waals surface area contributed by atoms with Gasteiger partial charge in [-0.15, -0.1) is 0 Å². The molecule has 19 heteroatoms. The predicted molar refractivity (Wildman–Crippen MR) is 172 cm³/mol. The SMILES string of the molecule is CC(C)(C)C(=O)OC(CO)COC(=O)CCCCC(=O)OCC(O)COC(=O)N(N)CCNCCNCCNCCN(N)CCNN. The molecule has 0 spiro atoms. The summed E-state index contributed by atoms with van der Waals surface area (Å²) in [6.07, 6.45) is -2.35. The molecule has 0 aromatic carbocycles. The lowest BCUT2D eigenvalue weighted by Crippen LogP contribution is -2.44. The van der Waals surface area contributed by atoms with Gasteiger partial charge in [-0.1, -0.05) is 0 Å². The molecule has 0 aliphatic heterocycles. The number of nitrogens with one attached hydrogen (secondary N) is 4. The van der Waals surface area contributed by atoms with Crippen LogP contribution in [-0.4, -0.2) is 148 Å². The smallest absolute Gasteiger partial charge is 0.424 e. The van der Waals surface area contributed by atoms with Crippen molar-refractivity contribution in [3.8, 4) is 0 Å². The lowest BCUT2D eigenvalue weighted by Gasteiger charge is -2.21. The van der Waals surface area contributed by atoms with Gasteiger partial charge in [0.25, 0.3) is 0 Å². The third-order valence-electron chi connectivity index (χ3n) is 6.21. The van der Waals surface area contributed by atoms with E-state index in [1.165, 1.54) is 0 Å². The van der Waals surface area contributed by atoms with E-state index in [1.54, 1.807) is 25.8 Å². The predicted octanol–water partition coefficient (Wildman–Crippen LogP) is -3.34. The summed E-state index contributed by atoms with van der Waals surface area (Å²) in [7, 11) is 0. The Morgan fingerprint density at radius 3 is 1.77 bits per heavy atom. The second kappa shape index (κ2) is 27.3. The Morgan fingerprint density at radius 1 is 0.745 bits per heavy atom. The summed E-state index contributed by atoms with van der Waals surface area (Å²) in [5, 5.41) is 31.5. The molecular formula is C28H59N9O10. The molecule has 0 aromatic heterocycles. The van der Waals surface area contributed by atoms with Crippen molar-refractivity contribution in [1.29, 1.82) is 0 Å². The zero-order valence-electron chi connectivity index (χ0n) is 28.2. The normalized spacial score (nSPS) is 12.8. The van der Waals surface area contributed by atoms with Crippen LogP contribution in [0.3, 0.4) is 0 Å². The van der Waals surface area contributed by atoms with Gasteiger partial charge in [0.1, 0.15) is 25.9 Å². The quantitative estimate of drug-likeness (QED) is 0.00975. The highest BCUT2D eigenvalue weighted by Gasteiger charge is 2.26. The molecular weight excluding hydrogens is 622 g/mol. The van der Waals surface area contributed by atoms with Crippen molar-refractivity contribution >= 4 is 24.0 Å². The average molecular weight is 682 g/mol. The molecule has 276 valence electrons. The molecule has 19 nitrogen and oxygen atoms in total. The van der Waals surface area contributed by atoms with Gasteiger partial charge in [-0.05, 0) is 33.6 Å². The molecule has 0 saturated carbocycles. The number of nitrogens with two attached hydrogens (primary N) is 3. The number of hydrogen-bond acceptors (Lipinski definition) is 18. The number of unbranched alkanes of at least 4 members (excludes halogenated alkanes) is 1. The fourth-order valence-electron chi connectivity index (χ4n) is 3.37. The van der Waals surface area contributed by atoms with E-state index in [0.29, 0.717) is 45.6 Å². The zero-order valence-corrected chi connectivity index (χ0v) is 28.2. The van der Waals surface area contributed by atoms with Crippen molar-refractivity contribution < 1.29 is 48.3 Å². The van der Waals surface area contributed by atoms with E-state index < -0.39 is 54.8 Å². The molecule has 0 bridgehead atoms. The third-order valence-corrected chi connectivity index (χ3v) is 6.21. The lowest BCUT2D eigenvalue weighted by atomic mass is 9.97. The summed E-state index contributed by atoms with van der Waals surface area (Å²) in [5.74, 6) is 15.0. The van der Waals surface area contributed by atoms with E-state index >= 15 is 0 Å². The Balaban J connectivity index is 3.80. The first-order valence-corrected chi connectivity index (χ1v) is 15.9. The number of nitrogens with zero attached hydrogens (tertiary/aromatic N) is 2. The van der Waals surface area contributed by atoms with E-state index in [2.05, 4.69) is 21.4 Å². The van der Waals surface area contributed by atoms with Gasteiger partial charge in [0.05, 0.1) is 18.6 Å². The molecule has 0 rings (SSSR count). The Kier molecular flexibility index (Phi) is 25.7. The van der Waals surface area contributed by atoms with E-state index in [1.807, 2.05) is 0 Å². The van der Waals surface area contributed by atoms with Gasteiger partial charge in [-0.25, -0.2) is 20.7 Å². The minimum absolute atomic E-state index is 0.000103. The van der Waals surface area contributed by atoms with Gasteiger partial charge in [-0.3, -0.25) is 31.5 Å². The minimum Gasteiger partial charge on any atom is -0.463 e. The summed E-state index contributed by atoms with van der Waals surface area (Å²) >= 11 is 0. The van der Waals surface area contributed by atoms with Crippen molar-refractivity contribution in [2.45, 2.75) is 58.7 Å². The number of ether oxygens (including phenoxy) is 4. The fraction of sp³-hybridized carbons (Fsp3) is 0.857. The van der Waals surface area contributed by atoms with Crippen LogP contribution in [0, 0.1) is 5.41 Å². The molecule has 12 N–H and O–H groups in total. The molecule has 2 unspecified atom stereocenters. The van der Waals surface area contributed by atoms with E-state index in [0.717, 1.165) is 31.2 Å². The summed E-state index contributed by atoms with van der Waals surface area (Å²) in [5.41, 5.74) is 1.79. The molecule has 0 fully saturated rings. The Bertz CT molecular complexity index is 867. The maximum absolute atomic E-state index is 12.0. The van der Waals surface area contributed by atoms with Crippen LogP contribution in [0.4, 0.5) is 4.79 Å². The average Bonchev–Trinajstić information content (AvgIpc) is 3.03. The number of aliphatic hydroxyl groups excluding tert-OH is 2. The van der Waals surface area contributed by atoms with Crippen LogP contribution in [-0.2, 0) is 33.3 Å². The third kappa shape index (κ3) is 26.0. The van der Waals surface area contributed by atoms with Crippen LogP contribution in [0.25, 0.3) is 0 Å². The van der Waals surface area contributed by atoms with Crippen LogP contribution in [0.2, 0.25) is 0 Å². The Morgan fingerprint density at radius 2 is 1.23 bits per heavy atom. The maximum atomic E-state index is 12.0. The Hall–Kier alpha value is -2.72. The molecule has 0 radical (unpaired) electrons. The van der Waals surface area contributed by atoms with Gasteiger partial charge < -0.3 is 45.1 Å². The minimum atomic E-state index is -1.24. The molecule has 1 amide bonds. The number of esters is 3. The van der Waals surface area contributed by atoms with E-state index in [-0.39, 0.29) is 32.6 Å². The van der Waals surface area contributed by atoms with Crippen molar-refractivity contribution in [2.24, 2.45) is 22.9 Å². The zero-order chi connectivity index (χ0) is 35.5. The summed E-state index contributed by atoms with van der Waals surface area (Å²) in [6.45, 7) is 9.81. The maximum Gasteiger partial charge on any atom is 0.424 e. The fourth-order valence-corrected chi connectivity index (χ4v) is 3.37. The molecule has 0 heterocycles. The summed E-state index contributed by atoms with van der Waals surface area (Å²) in [6, 6.07) is 0. The Labute approximate surface area is 277 Å². The van der Waals surface area contributed by atoms with Gasteiger partial charge >= 0.3 is 24.0 Å². The molecule has 47 heavy (non-hydrogen) atoms. The monoisotopic (exact) mass is 681 g/mol. The second-order valence-corrected chi connectivity index (χ2v) is 11.7. The second-order valence-electron chi connectivity index (χ2n) is 11.7. The van der Waals surface area contributed by atoms with Crippen molar-refractivity contribution in [3.63, 3.8) is 0 Å². The lowest BCUT2D eigenvalue weighted by molar-refractivity contribution is -0.168. The number of carbonyl (C=O) groups is 4. The van der Waals surface area contributed by atoms with Crippen molar-refractivity contribution in [3.05, 3.63) is 0 Å².